The molecule has 2 rings (SSSR count). The van der Waals surface area contributed by atoms with Crippen LogP contribution < -0.4 is 5.73 Å². The van der Waals surface area contributed by atoms with E-state index < -0.39 is 0 Å². The molecular weight excluding hydrogens is 236 g/mol. The van der Waals surface area contributed by atoms with Gasteiger partial charge in [-0.25, -0.2) is 4.98 Å². The number of aromatic nitrogens is 4. The van der Waals surface area contributed by atoms with Crippen LogP contribution in [0, 0.1) is 18.3 Å². The molecule has 0 aliphatic carbocycles. The Morgan fingerprint density at radius 1 is 1.47 bits per heavy atom. The molecule has 0 saturated carbocycles. The average Bonchev–Trinajstić information content (AvgIpc) is 2.70. The maximum atomic E-state index is 8.97. The standard InChI is InChI=1S/C10H12N6S/c1-3-4-17-10-14-9-13-6(2)7(5-11)8(12)16(9)15-10/h3-4,12H2,1-2H3. The molecule has 0 saturated heterocycles. The number of nitrogens with zero attached hydrogens (tertiary/aromatic N) is 5. The van der Waals surface area contributed by atoms with Crippen molar-refractivity contribution in [1.29, 1.82) is 5.26 Å². The van der Waals surface area contributed by atoms with Crippen LogP contribution in [0.2, 0.25) is 0 Å². The first-order chi connectivity index (χ1) is 8.17. The molecule has 2 aromatic heterocycles. The Morgan fingerprint density at radius 2 is 2.24 bits per heavy atom. The maximum Gasteiger partial charge on any atom is 0.255 e. The van der Waals surface area contributed by atoms with Crippen molar-refractivity contribution in [2.75, 3.05) is 11.5 Å². The number of rotatable bonds is 3. The van der Waals surface area contributed by atoms with Gasteiger partial charge >= 0.3 is 0 Å². The molecule has 0 aromatic carbocycles. The molecule has 17 heavy (non-hydrogen) atoms. The molecule has 0 spiro atoms. The predicted molar refractivity (Wildman–Crippen MR) is 65.7 cm³/mol. The van der Waals surface area contributed by atoms with Gasteiger partial charge in [-0.1, -0.05) is 18.7 Å². The molecule has 2 aromatic rings. The van der Waals surface area contributed by atoms with E-state index in [-0.39, 0.29) is 0 Å². The Morgan fingerprint density at radius 3 is 2.88 bits per heavy atom. The van der Waals surface area contributed by atoms with Gasteiger partial charge in [-0.2, -0.15) is 14.8 Å². The lowest BCUT2D eigenvalue weighted by atomic mass is 10.2. The second-order valence-electron chi connectivity index (χ2n) is 3.52. The first kappa shape index (κ1) is 11.7. The van der Waals surface area contributed by atoms with Gasteiger partial charge in [0.25, 0.3) is 5.78 Å². The van der Waals surface area contributed by atoms with E-state index in [9.17, 15) is 0 Å². The number of nitriles is 1. The molecule has 0 radical (unpaired) electrons. The Kier molecular flexibility index (Phi) is 3.15. The van der Waals surface area contributed by atoms with Gasteiger partial charge in [0.15, 0.2) is 0 Å². The number of fused-ring (bicyclic) bond motifs is 1. The van der Waals surface area contributed by atoms with Gasteiger partial charge < -0.3 is 5.73 Å². The molecular formula is C10H12N6S. The second-order valence-corrected chi connectivity index (χ2v) is 4.59. The molecule has 0 bridgehead atoms. The van der Waals surface area contributed by atoms with Crippen LogP contribution in [-0.4, -0.2) is 25.3 Å². The van der Waals surface area contributed by atoms with E-state index in [1.54, 1.807) is 18.7 Å². The number of hydrogen-bond donors (Lipinski definition) is 1. The molecule has 2 heterocycles. The highest BCUT2D eigenvalue weighted by Crippen LogP contribution is 2.19. The fourth-order valence-corrected chi connectivity index (χ4v) is 2.08. The zero-order valence-electron chi connectivity index (χ0n) is 9.64. The number of nitrogen functional groups attached to an aromatic ring is 1. The summed E-state index contributed by atoms with van der Waals surface area (Å²) in [6, 6.07) is 2.03. The van der Waals surface area contributed by atoms with Crippen LogP contribution >= 0.6 is 11.8 Å². The largest absolute Gasteiger partial charge is 0.382 e. The van der Waals surface area contributed by atoms with E-state index in [1.807, 2.05) is 6.07 Å². The van der Waals surface area contributed by atoms with Gasteiger partial charge in [-0.05, 0) is 13.3 Å². The topological polar surface area (TPSA) is 92.9 Å². The lowest BCUT2D eigenvalue weighted by Crippen LogP contribution is -2.06. The van der Waals surface area contributed by atoms with Gasteiger partial charge in [0.05, 0.1) is 5.69 Å². The first-order valence-corrected chi connectivity index (χ1v) is 6.21. The third kappa shape index (κ3) is 2.03. The van der Waals surface area contributed by atoms with Crippen molar-refractivity contribution in [2.24, 2.45) is 0 Å². The molecule has 7 heteroatoms. The molecule has 88 valence electrons. The van der Waals surface area contributed by atoms with Crippen molar-refractivity contribution in [3.8, 4) is 6.07 Å². The minimum Gasteiger partial charge on any atom is -0.382 e. The number of nitrogens with two attached hydrogens (primary N) is 1. The van der Waals surface area contributed by atoms with E-state index in [4.69, 9.17) is 11.0 Å². The van der Waals surface area contributed by atoms with Crippen LogP contribution in [0.25, 0.3) is 5.78 Å². The van der Waals surface area contributed by atoms with Crippen molar-refractivity contribution in [1.82, 2.24) is 19.6 Å². The molecule has 2 N–H and O–H groups in total. The van der Waals surface area contributed by atoms with E-state index >= 15 is 0 Å². The lowest BCUT2D eigenvalue weighted by Gasteiger charge is -2.01. The van der Waals surface area contributed by atoms with Crippen LogP contribution in [0.1, 0.15) is 24.6 Å². The summed E-state index contributed by atoms with van der Waals surface area (Å²) in [5, 5.41) is 13.8. The number of aryl methyl sites for hydroxylation is 1. The smallest absolute Gasteiger partial charge is 0.255 e. The summed E-state index contributed by atoms with van der Waals surface area (Å²) in [5.74, 6) is 1.68. The number of hydrogen-bond acceptors (Lipinski definition) is 6. The summed E-state index contributed by atoms with van der Waals surface area (Å²) in [6.07, 6.45) is 1.05. The van der Waals surface area contributed by atoms with Gasteiger partial charge in [0.2, 0.25) is 5.16 Å². The van der Waals surface area contributed by atoms with E-state index in [0.717, 1.165) is 12.2 Å². The second kappa shape index (κ2) is 4.59. The number of anilines is 1. The zero-order chi connectivity index (χ0) is 12.4. The van der Waals surface area contributed by atoms with Gasteiger partial charge in [-0.3, -0.25) is 0 Å². The van der Waals surface area contributed by atoms with E-state index in [2.05, 4.69) is 22.0 Å². The molecule has 0 amide bonds. The Labute approximate surface area is 103 Å². The summed E-state index contributed by atoms with van der Waals surface area (Å²) in [6.45, 7) is 3.83. The highest BCUT2D eigenvalue weighted by Gasteiger charge is 2.13. The average molecular weight is 248 g/mol. The predicted octanol–water partition coefficient (Wildman–Crippen LogP) is 1.39. The molecule has 0 unspecified atom stereocenters. The Hall–Kier alpha value is -1.81. The van der Waals surface area contributed by atoms with Crippen LogP contribution in [-0.2, 0) is 0 Å². The third-order valence-electron chi connectivity index (χ3n) is 2.23. The minimum absolute atomic E-state index is 0.297. The normalized spacial score (nSPS) is 10.6. The molecule has 6 nitrogen and oxygen atoms in total. The summed E-state index contributed by atoms with van der Waals surface area (Å²) >= 11 is 1.55. The lowest BCUT2D eigenvalue weighted by molar-refractivity contribution is 0.881. The van der Waals surface area contributed by atoms with Crippen molar-refractivity contribution in [2.45, 2.75) is 25.4 Å². The van der Waals surface area contributed by atoms with Crippen LogP contribution in [0.5, 0.6) is 0 Å². The van der Waals surface area contributed by atoms with Crippen LogP contribution in [0.4, 0.5) is 5.82 Å². The first-order valence-electron chi connectivity index (χ1n) is 5.23. The van der Waals surface area contributed by atoms with Gasteiger partial charge in [0, 0.05) is 5.75 Å². The Bertz CT molecular complexity index is 597. The fraction of sp³-hybridized carbons (Fsp3) is 0.400. The highest BCUT2D eigenvalue weighted by atomic mass is 32.2. The van der Waals surface area contributed by atoms with Crippen molar-refractivity contribution in [3.05, 3.63) is 11.3 Å². The zero-order valence-corrected chi connectivity index (χ0v) is 10.5. The molecule has 0 atom stereocenters. The van der Waals surface area contributed by atoms with Crippen molar-refractivity contribution in [3.63, 3.8) is 0 Å². The monoisotopic (exact) mass is 248 g/mol. The molecule has 0 fully saturated rings. The third-order valence-corrected chi connectivity index (χ3v) is 3.28. The van der Waals surface area contributed by atoms with Crippen molar-refractivity contribution >= 4 is 23.4 Å². The SMILES string of the molecule is CCCSc1nc2nc(C)c(C#N)c(N)n2n1. The van der Waals surface area contributed by atoms with Crippen molar-refractivity contribution < 1.29 is 0 Å². The van der Waals surface area contributed by atoms with E-state index in [1.165, 1.54) is 4.52 Å². The Balaban J connectivity index is 2.54. The highest BCUT2D eigenvalue weighted by molar-refractivity contribution is 7.99. The molecule has 0 aliphatic rings. The maximum absolute atomic E-state index is 8.97. The molecule has 0 aliphatic heterocycles. The van der Waals surface area contributed by atoms with Crippen LogP contribution in [0.3, 0.4) is 0 Å². The van der Waals surface area contributed by atoms with Gasteiger partial charge in [-0.15, -0.1) is 5.10 Å². The summed E-state index contributed by atoms with van der Waals surface area (Å²) in [5.41, 5.74) is 6.80. The minimum atomic E-state index is 0.297. The van der Waals surface area contributed by atoms with E-state index in [0.29, 0.717) is 28.0 Å². The summed E-state index contributed by atoms with van der Waals surface area (Å²) in [7, 11) is 0. The quantitative estimate of drug-likeness (QED) is 0.825. The van der Waals surface area contributed by atoms with Gasteiger partial charge in [0.1, 0.15) is 17.5 Å². The fourth-order valence-electron chi connectivity index (χ4n) is 1.41. The van der Waals surface area contributed by atoms with Crippen LogP contribution in [0.15, 0.2) is 5.16 Å². The summed E-state index contributed by atoms with van der Waals surface area (Å²) < 4.78 is 1.42. The number of thioether (sulfide) groups is 1. The summed E-state index contributed by atoms with van der Waals surface area (Å²) in [4.78, 5) is 8.47.